The molecule has 9 nitrogen and oxygen atoms in total. The number of imidazole rings is 1. The Kier molecular flexibility index (Phi) is 5.27. The molecular weight excluding hydrogens is 388 g/mol. The maximum atomic E-state index is 12.5. The Bertz CT molecular complexity index is 1120. The number of pyridine rings is 1. The number of para-hydroxylation sites is 1. The van der Waals surface area contributed by atoms with Crippen molar-refractivity contribution in [3.05, 3.63) is 30.1 Å². The highest BCUT2D eigenvalue weighted by Crippen LogP contribution is 2.34. The fourth-order valence-electron chi connectivity index (χ4n) is 3.61. The van der Waals surface area contributed by atoms with Gasteiger partial charge in [-0.25, -0.2) is 14.9 Å². The van der Waals surface area contributed by atoms with Crippen molar-refractivity contribution in [3.63, 3.8) is 0 Å². The highest BCUT2D eigenvalue weighted by molar-refractivity contribution is 6.21. The average molecular weight is 412 g/mol. The summed E-state index contributed by atoms with van der Waals surface area (Å²) in [5.74, 6) is -0.215. The number of fused-ring (bicyclic) bond motifs is 3. The Morgan fingerprint density at radius 2 is 1.87 bits per heavy atom. The number of aromatic nitrogens is 3. The summed E-state index contributed by atoms with van der Waals surface area (Å²) in [6.45, 7) is 5.89. The lowest BCUT2D eigenvalue weighted by molar-refractivity contribution is -0.138. The van der Waals surface area contributed by atoms with Crippen LogP contribution in [-0.2, 0) is 32.2 Å². The third-order valence-corrected chi connectivity index (χ3v) is 4.79. The summed E-state index contributed by atoms with van der Waals surface area (Å²) in [5, 5.41) is 11.3. The van der Waals surface area contributed by atoms with E-state index in [2.05, 4.69) is 4.98 Å². The average Bonchev–Trinajstić information content (AvgIpc) is 3.03. The quantitative estimate of drug-likeness (QED) is 0.615. The molecule has 0 atom stereocenters. The monoisotopic (exact) mass is 412 g/mol. The molecule has 0 unspecified atom stereocenters. The van der Waals surface area contributed by atoms with Gasteiger partial charge in [0.2, 0.25) is 0 Å². The van der Waals surface area contributed by atoms with Crippen LogP contribution in [0.5, 0.6) is 0 Å². The van der Waals surface area contributed by atoms with Crippen LogP contribution in [0.1, 0.15) is 26.6 Å². The van der Waals surface area contributed by atoms with Gasteiger partial charge in [0.05, 0.1) is 23.2 Å². The largest absolute Gasteiger partial charge is 0.389 e. The summed E-state index contributed by atoms with van der Waals surface area (Å²) >= 11 is 0. The number of aliphatic hydroxyl groups is 1. The molecule has 0 aliphatic carbocycles. The number of rotatable bonds is 6. The van der Waals surface area contributed by atoms with E-state index in [1.807, 2.05) is 35.8 Å². The van der Waals surface area contributed by atoms with Gasteiger partial charge in [-0.2, -0.15) is 0 Å². The van der Waals surface area contributed by atoms with E-state index in [-0.39, 0.29) is 32.2 Å². The predicted octanol–water partition coefficient (Wildman–Crippen LogP) is 1.78. The predicted molar refractivity (Wildman–Crippen MR) is 110 cm³/mol. The van der Waals surface area contributed by atoms with Gasteiger partial charge in [0.25, 0.3) is 11.8 Å². The summed E-state index contributed by atoms with van der Waals surface area (Å²) < 4.78 is 12.5. The SMILES string of the molecule is CCOCc1nc2c(N3C(=O)COCC3=O)nc3ccccc3c2n1CC(C)(C)O. The van der Waals surface area contributed by atoms with Gasteiger partial charge in [-0.3, -0.25) is 9.59 Å². The zero-order valence-corrected chi connectivity index (χ0v) is 17.2. The first kappa shape index (κ1) is 20.4. The number of carbonyl (C=O) groups excluding carboxylic acids is 2. The minimum Gasteiger partial charge on any atom is -0.389 e. The lowest BCUT2D eigenvalue weighted by Gasteiger charge is -2.25. The fourth-order valence-corrected chi connectivity index (χ4v) is 3.61. The number of imide groups is 1. The number of hydrogen-bond acceptors (Lipinski definition) is 7. The molecule has 158 valence electrons. The summed E-state index contributed by atoms with van der Waals surface area (Å²) in [5.41, 5.74) is 0.701. The zero-order valence-electron chi connectivity index (χ0n) is 17.2. The van der Waals surface area contributed by atoms with Crippen LogP contribution in [0.3, 0.4) is 0 Å². The van der Waals surface area contributed by atoms with Crippen molar-refractivity contribution in [1.82, 2.24) is 14.5 Å². The van der Waals surface area contributed by atoms with Crippen LogP contribution in [0.25, 0.3) is 21.9 Å². The lowest BCUT2D eigenvalue weighted by atomic mass is 10.1. The molecule has 1 aliphatic rings. The van der Waals surface area contributed by atoms with E-state index >= 15 is 0 Å². The van der Waals surface area contributed by atoms with Crippen LogP contribution < -0.4 is 4.90 Å². The van der Waals surface area contributed by atoms with E-state index in [9.17, 15) is 14.7 Å². The van der Waals surface area contributed by atoms with Gasteiger partial charge in [0.15, 0.2) is 5.82 Å². The van der Waals surface area contributed by atoms with Crippen LogP contribution in [0.4, 0.5) is 5.82 Å². The maximum Gasteiger partial charge on any atom is 0.261 e. The highest BCUT2D eigenvalue weighted by Gasteiger charge is 2.33. The van der Waals surface area contributed by atoms with Crippen molar-refractivity contribution in [2.45, 2.75) is 39.5 Å². The van der Waals surface area contributed by atoms with Gasteiger partial charge in [-0.1, -0.05) is 18.2 Å². The van der Waals surface area contributed by atoms with E-state index in [0.717, 1.165) is 10.3 Å². The topological polar surface area (TPSA) is 107 Å². The number of ether oxygens (including phenoxy) is 2. The van der Waals surface area contributed by atoms with Crippen LogP contribution in [0.2, 0.25) is 0 Å². The molecular formula is C21H24N4O5. The second-order valence-corrected chi connectivity index (χ2v) is 7.83. The van der Waals surface area contributed by atoms with Crippen molar-refractivity contribution < 1.29 is 24.2 Å². The smallest absolute Gasteiger partial charge is 0.261 e. The molecule has 1 saturated heterocycles. The van der Waals surface area contributed by atoms with E-state index in [1.165, 1.54) is 0 Å². The van der Waals surface area contributed by atoms with Crippen LogP contribution in [0.15, 0.2) is 24.3 Å². The Morgan fingerprint density at radius 3 is 2.53 bits per heavy atom. The van der Waals surface area contributed by atoms with Crippen molar-refractivity contribution in [2.24, 2.45) is 0 Å². The first-order chi connectivity index (χ1) is 14.3. The Labute approximate surface area is 173 Å². The molecule has 3 aromatic rings. The second-order valence-electron chi connectivity index (χ2n) is 7.83. The number of hydrogen-bond donors (Lipinski definition) is 1. The molecule has 30 heavy (non-hydrogen) atoms. The van der Waals surface area contributed by atoms with Crippen LogP contribution in [-0.4, -0.2) is 56.9 Å². The number of carbonyl (C=O) groups is 2. The first-order valence-corrected chi connectivity index (χ1v) is 9.81. The maximum absolute atomic E-state index is 12.5. The van der Waals surface area contributed by atoms with Gasteiger partial charge >= 0.3 is 0 Å². The molecule has 9 heteroatoms. The lowest BCUT2D eigenvalue weighted by Crippen LogP contribution is -2.46. The Hall–Kier alpha value is -2.88. The molecule has 2 amide bonds. The van der Waals surface area contributed by atoms with Gasteiger partial charge in [0.1, 0.15) is 31.2 Å². The number of nitrogens with zero attached hydrogens (tertiary/aromatic N) is 4. The molecule has 1 fully saturated rings. The molecule has 0 spiro atoms. The molecule has 1 aromatic carbocycles. The van der Waals surface area contributed by atoms with E-state index in [4.69, 9.17) is 14.5 Å². The summed E-state index contributed by atoms with van der Waals surface area (Å²) in [7, 11) is 0. The molecule has 3 heterocycles. The number of benzene rings is 1. The third-order valence-electron chi connectivity index (χ3n) is 4.79. The molecule has 2 aromatic heterocycles. The highest BCUT2D eigenvalue weighted by atomic mass is 16.5. The zero-order chi connectivity index (χ0) is 21.5. The van der Waals surface area contributed by atoms with Gasteiger partial charge in [-0.05, 0) is 26.8 Å². The molecule has 1 N–H and O–H groups in total. The molecule has 4 rings (SSSR count). The summed E-state index contributed by atoms with van der Waals surface area (Å²) in [4.78, 5) is 35.4. The minimum absolute atomic E-state index is 0.175. The minimum atomic E-state index is -1.02. The standard InChI is InChI=1S/C21H24N4O5/c1-4-29-9-15-23-18-19(24(15)12-21(2,3)28)13-7-5-6-8-14(13)22-20(18)25-16(26)10-30-11-17(25)27/h5-8,28H,4,9-12H2,1-3H3. The van der Waals surface area contributed by atoms with Gasteiger partial charge < -0.3 is 19.1 Å². The molecule has 0 radical (unpaired) electrons. The fraction of sp³-hybridized carbons (Fsp3) is 0.429. The van der Waals surface area contributed by atoms with Crippen molar-refractivity contribution in [3.8, 4) is 0 Å². The van der Waals surface area contributed by atoms with Crippen molar-refractivity contribution in [1.29, 1.82) is 0 Å². The van der Waals surface area contributed by atoms with E-state index < -0.39 is 17.4 Å². The summed E-state index contributed by atoms with van der Waals surface area (Å²) in [6.07, 6.45) is 0. The van der Waals surface area contributed by atoms with E-state index in [1.54, 1.807) is 13.8 Å². The third kappa shape index (κ3) is 3.67. The summed E-state index contributed by atoms with van der Waals surface area (Å²) in [6, 6.07) is 7.45. The number of morpholine rings is 1. The van der Waals surface area contributed by atoms with Crippen molar-refractivity contribution >= 4 is 39.6 Å². The van der Waals surface area contributed by atoms with Crippen molar-refractivity contribution in [2.75, 3.05) is 24.7 Å². The Balaban J connectivity index is 2.05. The molecule has 1 aliphatic heterocycles. The molecule has 0 bridgehead atoms. The number of anilines is 1. The van der Waals surface area contributed by atoms with Gasteiger partial charge in [-0.15, -0.1) is 0 Å². The Morgan fingerprint density at radius 1 is 1.17 bits per heavy atom. The normalized spacial score (nSPS) is 15.5. The van der Waals surface area contributed by atoms with E-state index in [0.29, 0.717) is 29.0 Å². The van der Waals surface area contributed by atoms with Crippen LogP contribution in [0, 0.1) is 0 Å². The van der Waals surface area contributed by atoms with Gasteiger partial charge in [0, 0.05) is 12.0 Å². The van der Waals surface area contributed by atoms with Crippen LogP contribution >= 0.6 is 0 Å². The number of amides is 2. The molecule has 0 saturated carbocycles. The first-order valence-electron chi connectivity index (χ1n) is 9.81. The second kappa shape index (κ2) is 7.75.